The second-order valence-electron chi connectivity index (χ2n) is 8.48. The zero-order chi connectivity index (χ0) is 22.0. The number of amides is 1. The lowest BCUT2D eigenvalue weighted by Crippen LogP contribution is -2.34. The van der Waals surface area contributed by atoms with Crippen molar-refractivity contribution in [3.63, 3.8) is 0 Å². The Bertz CT molecular complexity index is 1040. The van der Waals surface area contributed by atoms with Crippen LogP contribution < -0.4 is 15.4 Å². The van der Waals surface area contributed by atoms with Gasteiger partial charge in [0.15, 0.2) is 5.82 Å². The average molecular weight is 448 g/mol. The third-order valence-electron chi connectivity index (χ3n) is 5.70. The SMILES string of the molecule is CC(C)NC(=O)OC1CCC(c2cc(Nc3ccc4c(c3)CCNS4(=O)=O)n[nH]2)CC1. The van der Waals surface area contributed by atoms with Gasteiger partial charge < -0.3 is 15.4 Å². The van der Waals surface area contributed by atoms with Gasteiger partial charge in [-0.15, -0.1) is 0 Å². The zero-order valence-corrected chi connectivity index (χ0v) is 18.6. The summed E-state index contributed by atoms with van der Waals surface area (Å²) in [5, 5.41) is 13.5. The molecule has 1 aliphatic heterocycles. The van der Waals surface area contributed by atoms with E-state index in [9.17, 15) is 13.2 Å². The van der Waals surface area contributed by atoms with Crippen LogP contribution in [-0.2, 0) is 21.2 Å². The highest BCUT2D eigenvalue weighted by Gasteiger charge is 2.27. The maximum atomic E-state index is 12.1. The summed E-state index contributed by atoms with van der Waals surface area (Å²) < 4.78 is 32.2. The van der Waals surface area contributed by atoms with E-state index >= 15 is 0 Å². The predicted molar refractivity (Wildman–Crippen MR) is 117 cm³/mol. The maximum absolute atomic E-state index is 12.1. The molecule has 1 aliphatic carbocycles. The molecule has 168 valence electrons. The number of carbonyl (C=O) groups is 1. The lowest BCUT2D eigenvalue weighted by atomic mass is 9.85. The van der Waals surface area contributed by atoms with Crippen molar-refractivity contribution >= 4 is 27.6 Å². The smallest absolute Gasteiger partial charge is 0.407 e. The number of benzene rings is 1. The predicted octanol–water partition coefficient (Wildman–Crippen LogP) is 3.15. The highest BCUT2D eigenvalue weighted by Crippen LogP contribution is 2.34. The molecule has 2 aromatic rings. The largest absolute Gasteiger partial charge is 0.446 e. The van der Waals surface area contributed by atoms with Gasteiger partial charge in [0.2, 0.25) is 10.0 Å². The van der Waals surface area contributed by atoms with Crippen LogP contribution in [0.25, 0.3) is 0 Å². The molecule has 0 bridgehead atoms. The number of hydrogen-bond donors (Lipinski definition) is 4. The molecule has 0 unspecified atom stereocenters. The number of rotatable bonds is 5. The molecular weight excluding hydrogens is 418 g/mol. The summed E-state index contributed by atoms with van der Waals surface area (Å²) in [6.07, 6.45) is 3.76. The van der Waals surface area contributed by atoms with Crippen molar-refractivity contribution in [1.29, 1.82) is 0 Å². The molecule has 9 nitrogen and oxygen atoms in total. The molecule has 0 atom stereocenters. The number of aromatic amines is 1. The van der Waals surface area contributed by atoms with Gasteiger partial charge >= 0.3 is 6.09 Å². The second kappa shape index (κ2) is 8.88. The Hall–Kier alpha value is -2.59. The Morgan fingerprint density at radius 3 is 2.71 bits per heavy atom. The molecule has 1 aromatic carbocycles. The first-order valence-electron chi connectivity index (χ1n) is 10.7. The number of nitrogens with one attached hydrogen (secondary N) is 4. The molecule has 0 saturated heterocycles. The van der Waals surface area contributed by atoms with Crippen molar-refractivity contribution in [2.24, 2.45) is 0 Å². The molecular formula is C21H29N5O4S. The van der Waals surface area contributed by atoms with E-state index in [1.807, 2.05) is 26.0 Å². The molecule has 2 heterocycles. The first-order valence-corrected chi connectivity index (χ1v) is 12.2. The van der Waals surface area contributed by atoms with Crippen LogP contribution in [0.15, 0.2) is 29.2 Å². The molecule has 1 aromatic heterocycles. The normalized spacial score (nSPS) is 22.5. The second-order valence-corrected chi connectivity index (χ2v) is 10.2. The molecule has 4 N–H and O–H groups in total. The zero-order valence-electron chi connectivity index (χ0n) is 17.8. The number of aromatic nitrogens is 2. The van der Waals surface area contributed by atoms with Crippen molar-refractivity contribution in [2.45, 2.75) is 68.9 Å². The number of anilines is 2. The minimum absolute atomic E-state index is 0.0446. The lowest BCUT2D eigenvalue weighted by Gasteiger charge is -2.27. The Balaban J connectivity index is 1.34. The van der Waals surface area contributed by atoms with Gasteiger partial charge in [-0.3, -0.25) is 5.10 Å². The van der Waals surface area contributed by atoms with Gasteiger partial charge in [-0.25, -0.2) is 17.9 Å². The van der Waals surface area contributed by atoms with E-state index < -0.39 is 10.0 Å². The Morgan fingerprint density at radius 2 is 1.97 bits per heavy atom. The Kier molecular flexibility index (Phi) is 6.19. The number of hydrogen-bond acceptors (Lipinski definition) is 6. The number of H-pyrrole nitrogens is 1. The van der Waals surface area contributed by atoms with Gasteiger partial charge in [-0.2, -0.15) is 5.10 Å². The fourth-order valence-corrected chi connectivity index (χ4v) is 5.46. The van der Waals surface area contributed by atoms with Gasteiger partial charge in [0, 0.05) is 36.0 Å². The highest BCUT2D eigenvalue weighted by atomic mass is 32.2. The van der Waals surface area contributed by atoms with Crippen LogP contribution >= 0.6 is 0 Å². The van der Waals surface area contributed by atoms with Gasteiger partial charge in [0.05, 0.1) is 4.90 Å². The molecule has 1 amide bonds. The van der Waals surface area contributed by atoms with Crippen LogP contribution in [0.5, 0.6) is 0 Å². The number of nitrogens with zero attached hydrogens (tertiary/aromatic N) is 1. The van der Waals surface area contributed by atoms with Gasteiger partial charge in [0.25, 0.3) is 0 Å². The van der Waals surface area contributed by atoms with Crippen molar-refractivity contribution in [3.8, 4) is 0 Å². The third-order valence-corrected chi connectivity index (χ3v) is 7.26. The minimum atomic E-state index is -3.40. The highest BCUT2D eigenvalue weighted by molar-refractivity contribution is 7.89. The van der Waals surface area contributed by atoms with E-state index in [0.717, 1.165) is 42.6 Å². The van der Waals surface area contributed by atoms with E-state index in [1.54, 1.807) is 12.1 Å². The average Bonchev–Trinajstić information content (AvgIpc) is 3.16. The van der Waals surface area contributed by atoms with Crippen LogP contribution in [0.2, 0.25) is 0 Å². The first-order chi connectivity index (χ1) is 14.8. The molecule has 10 heteroatoms. The molecule has 2 aliphatic rings. The fraction of sp³-hybridized carbons (Fsp3) is 0.524. The fourth-order valence-electron chi connectivity index (χ4n) is 4.18. The number of sulfonamides is 1. The van der Waals surface area contributed by atoms with Crippen molar-refractivity contribution in [1.82, 2.24) is 20.2 Å². The lowest BCUT2D eigenvalue weighted by molar-refractivity contribution is 0.0697. The third kappa shape index (κ3) is 5.19. The molecule has 4 rings (SSSR count). The number of ether oxygens (including phenoxy) is 1. The monoisotopic (exact) mass is 447 g/mol. The molecule has 1 saturated carbocycles. The Labute approximate surface area is 182 Å². The summed E-state index contributed by atoms with van der Waals surface area (Å²) in [4.78, 5) is 12.1. The van der Waals surface area contributed by atoms with Crippen LogP contribution in [0, 0.1) is 0 Å². The summed E-state index contributed by atoms with van der Waals surface area (Å²) in [6.45, 7) is 4.23. The minimum Gasteiger partial charge on any atom is -0.446 e. The van der Waals surface area contributed by atoms with E-state index in [-0.39, 0.29) is 18.2 Å². The molecule has 0 spiro atoms. The molecule has 1 fully saturated rings. The topological polar surface area (TPSA) is 125 Å². The van der Waals surface area contributed by atoms with Gasteiger partial charge in [0.1, 0.15) is 6.10 Å². The van der Waals surface area contributed by atoms with E-state index in [4.69, 9.17) is 4.74 Å². The van der Waals surface area contributed by atoms with Gasteiger partial charge in [-0.1, -0.05) is 0 Å². The van der Waals surface area contributed by atoms with E-state index in [0.29, 0.717) is 29.6 Å². The number of alkyl carbamates (subject to hydrolysis) is 1. The summed E-state index contributed by atoms with van der Waals surface area (Å²) in [5.74, 6) is 1.04. The maximum Gasteiger partial charge on any atom is 0.407 e. The standard InChI is InChI=1S/C21H29N5O4S/c1-13(2)23-21(27)30-17-6-3-14(4-7-17)18-12-20(26-25-18)24-16-5-8-19-15(11-16)9-10-22-31(19,28)29/h5,8,11-14,17,22H,3-4,6-7,9-10H2,1-2H3,(H,23,27)(H2,24,25,26). The van der Waals surface area contributed by atoms with Crippen LogP contribution in [0.3, 0.4) is 0 Å². The van der Waals surface area contributed by atoms with Crippen molar-refractivity contribution < 1.29 is 17.9 Å². The van der Waals surface area contributed by atoms with Crippen molar-refractivity contribution in [2.75, 3.05) is 11.9 Å². The van der Waals surface area contributed by atoms with Crippen LogP contribution in [-0.4, -0.2) is 43.4 Å². The number of fused-ring (bicyclic) bond motifs is 1. The Morgan fingerprint density at radius 1 is 1.19 bits per heavy atom. The van der Waals surface area contributed by atoms with E-state index in [2.05, 4.69) is 25.6 Å². The summed E-state index contributed by atoms with van der Waals surface area (Å²) in [6, 6.07) is 7.31. The first kappa shape index (κ1) is 21.6. The molecule has 0 radical (unpaired) electrons. The quantitative estimate of drug-likeness (QED) is 0.558. The van der Waals surface area contributed by atoms with Crippen molar-refractivity contribution in [3.05, 3.63) is 35.5 Å². The summed E-state index contributed by atoms with van der Waals surface area (Å²) in [7, 11) is -3.40. The van der Waals surface area contributed by atoms with Gasteiger partial charge in [-0.05, 0) is 69.7 Å². The molecule has 31 heavy (non-hydrogen) atoms. The number of carbonyl (C=O) groups excluding carboxylic acids is 1. The van der Waals surface area contributed by atoms with Crippen LogP contribution in [0.1, 0.15) is 56.7 Å². The summed E-state index contributed by atoms with van der Waals surface area (Å²) in [5.41, 5.74) is 2.67. The summed E-state index contributed by atoms with van der Waals surface area (Å²) >= 11 is 0. The van der Waals surface area contributed by atoms with Crippen LogP contribution in [0.4, 0.5) is 16.3 Å². The van der Waals surface area contributed by atoms with E-state index in [1.165, 1.54) is 0 Å².